The largest absolute Gasteiger partial charge is 0.457 e. The third-order valence-electron chi connectivity index (χ3n) is 5.80. The lowest BCUT2D eigenvalue weighted by Gasteiger charge is -2.29. The van der Waals surface area contributed by atoms with Gasteiger partial charge in [-0.15, -0.1) is 0 Å². The van der Waals surface area contributed by atoms with Crippen molar-refractivity contribution in [1.82, 2.24) is 20.6 Å². The fourth-order valence-corrected chi connectivity index (χ4v) is 5.08. The van der Waals surface area contributed by atoms with Crippen molar-refractivity contribution in [2.75, 3.05) is 12.4 Å². The van der Waals surface area contributed by atoms with Crippen molar-refractivity contribution in [3.63, 3.8) is 0 Å². The van der Waals surface area contributed by atoms with E-state index in [2.05, 4.69) is 34.8 Å². The zero-order chi connectivity index (χ0) is 24.1. The Morgan fingerprint density at radius 3 is 2.56 bits per heavy atom. The minimum atomic E-state index is -0.258. The van der Waals surface area contributed by atoms with Gasteiger partial charge >= 0.3 is 0 Å². The van der Waals surface area contributed by atoms with Gasteiger partial charge in [0.1, 0.15) is 17.2 Å². The maximum Gasteiger partial charge on any atom is 0.269 e. The molecule has 34 heavy (non-hydrogen) atoms. The number of anilines is 1. The molecule has 180 valence electrons. The van der Waals surface area contributed by atoms with Crippen LogP contribution in [0.4, 0.5) is 5.13 Å². The molecule has 1 saturated carbocycles. The second kappa shape index (κ2) is 10.8. The van der Waals surface area contributed by atoms with Crippen molar-refractivity contribution in [3.05, 3.63) is 42.2 Å². The minimum absolute atomic E-state index is 0.159. The molecule has 3 N–H and O–H groups in total. The molecule has 0 bridgehead atoms. The number of pyridine rings is 1. The topological polar surface area (TPSA) is 105 Å². The quantitative estimate of drug-likeness (QED) is 0.430. The van der Waals surface area contributed by atoms with Crippen LogP contribution in [0.25, 0.3) is 10.2 Å². The Morgan fingerprint density at radius 1 is 1.09 bits per heavy atom. The second-order valence-corrected chi connectivity index (χ2v) is 10.1. The number of thiazole rings is 1. The van der Waals surface area contributed by atoms with Gasteiger partial charge in [-0.3, -0.25) is 14.6 Å². The second-order valence-electron chi connectivity index (χ2n) is 9.06. The molecule has 0 radical (unpaired) electrons. The first-order valence-corrected chi connectivity index (χ1v) is 12.5. The normalized spacial score (nSPS) is 18.0. The summed E-state index contributed by atoms with van der Waals surface area (Å²) in [6, 6.07) is 9.73. The number of amides is 2. The summed E-state index contributed by atoms with van der Waals surface area (Å²) in [5, 5.41) is 10.2. The zero-order valence-electron chi connectivity index (χ0n) is 19.8. The molecule has 2 amide bonds. The van der Waals surface area contributed by atoms with Crippen LogP contribution in [-0.4, -0.2) is 40.9 Å². The van der Waals surface area contributed by atoms with Gasteiger partial charge in [0.15, 0.2) is 5.13 Å². The van der Waals surface area contributed by atoms with E-state index in [1.165, 1.54) is 0 Å². The van der Waals surface area contributed by atoms with E-state index in [-0.39, 0.29) is 17.9 Å². The predicted molar refractivity (Wildman–Crippen MR) is 135 cm³/mol. The first-order valence-electron chi connectivity index (χ1n) is 11.7. The molecule has 0 saturated heterocycles. The van der Waals surface area contributed by atoms with Gasteiger partial charge in [0.25, 0.3) is 5.91 Å². The Morgan fingerprint density at radius 2 is 1.82 bits per heavy atom. The summed E-state index contributed by atoms with van der Waals surface area (Å²) >= 11 is 1.60. The summed E-state index contributed by atoms with van der Waals surface area (Å²) in [5.74, 6) is 1.51. The number of ether oxygens (including phenoxy) is 1. The number of aromatic nitrogens is 2. The van der Waals surface area contributed by atoms with Crippen LogP contribution in [0, 0.1) is 5.92 Å². The van der Waals surface area contributed by atoms with E-state index in [9.17, 15) is 9.59 Å². The fourth-order valence-electron chi connectivity index (χ4n) is 4.11. The predicted octanol–water partition coefficient (Wildman–Crippen LogP) is 4.73. The number of nitrogens with zero attached hydrogens (tertiary/aromatic N) is 2. The molecule has 0 aliphatic heterocycles. The Kier molecular flexibility index (Phi) is 7.62. The average Bonchev–Trinajstić information content (AvgIpc) is 3.21. The molecule has 2 aromatic heterocycles. The van der Waals surface area contributed by atoms with Gasteiger partial charge in [-0.05, 0) is 49.8 Å². The van der Waals surface area contributed by atoms with Crippen LogP contribution in [0.5, 0.6) is 11.5 Å². The third kappa shape index (κ3) is 6.22. The lowest BCUT2D eigenvalue weighted by Crippen LogP contribution is -2.40. The van der Waals surface area contributed by atoms with Gasteiger partial charge in [-0.1, -0.05) is 25.2 Å². The Bertz CT molecular complexity index is 1150. The van der Waals surface area contributed by atoms with E-state index in [4.69, 9.17) is 9.72 Å². The van der Waals surface area contributed by atoms with Crippen molar-refractivity contribution in [2.45, 2.75) is 58.0 Å². The first kappa shape index (κ1) is 23.9. The first-order chi connectivity index (χ1) is 16.4. The van der Waals surface area contributed by atoms with Crippen molar-refractivity contribution in [1.29, 1.82) is 0 Å². The van der Waals surface area contributed by atoms with Gasteiger partial charge in [0, 0.05) is 43.9 Å². The minimum Gasteiger partial charge on any atom is -0.457 e. The molecule has 4 rings (SSSR count). The number of benzene rings is 1. The van der Waals surface area contributed by atoms with Gasteiger partial charge in [-0.2, -0.15) is 0 Å². The molecule has 1 aliphatic carbocycles. The summed E-state index contributed by atoms with van der Waals surface area (Å²) in [7, 11) is 1.57. The van der Waals surface area contributed by atoms with Crippen molar-refractivity contribution in [3.8, 4) is 11.5 Å². The van der Waals surface area contributed by atoms with E-state index in [0.29, 0.717) is 35.6 Å². The smallest absolute Gasteiger partial charge is 0.269 e. The maximum absolute atomic E-state index is 12.0. The summed E-state index contributed by atoms with van der Waals surface area (Å²) in [6.45, 7) is 4.13. The Hall–Kier alpha value is -3.20. The van der Waals surface area contributed by atoms with Crippen LogP contribution in [-0.2, 0) is 4.79 Å². The molecule has 2 heterocycles. The molecular formula is C25H31N5O3S. The molecule has 0 unspecified atom stereocenters. The van der Waals surface area contributed by atoms with Crippen LogP contribution in [0.2, 0.25) is 0 Å². The highest BCUT2D eigenvalue weighted by atomic mass is 32.1. The molecule has 0 spiro atoms. The lowest BCUT2D eigenvalue weighted by molar-refractivity contribution is -0.122. The van der Waals surface area contributed by atoms with Gasteiger partial charge < -0.3 is 20.7 Å². The van der Waals surface area contributed by atoms with E-state index in [1.807, 2.05) is 18.2 Å². The van der Waals surface area contributed by atoms with Gasteiger partial charge in [0.2, 0.25) is 5.91 Å². The van der Waals surface area contributed by atoms with Crippen LogP contribution < -0.4 is 20.7 Å². The Labute approximate surface area is 203 Å². The highest BCUT2D eigenvalue weighted by molar-refractivity contribution is 7.22. The van der Waals surface area contributed by atoms with Crippen LogP contribution in [0.15, 0.2) is 36.5 Å². The monoisotopic (exact) mass is 481 g/mol. The van der Waals surface area contributed by atoms with Crippen LogP contribution in [0.3, 0.4) is 0 Å². The highest BCUT2D eigenvalue weighted by Gasteiger charge is 2.23. The van der Waals surface area contributed by atoms with E-state index in [1.54, 1.807) is 36.7 Å². The van der Waals surface area contributed by atoms with Crippen LogP contribution >= 0.6 is 11.3 Å². The third-order valence-corrected chi connectivity index (χ3v) is 6.75. The van der Waals surface area contributed by atoms with Crippen molar-refractivity contribution in [2.24, 2.45) is 5.92 Å². The SMILES string of the molecule is CNC(=O)c1cc(Oc2ccc3nc(NC4CCC(NC(=O)CC(C)C)CC4)sc3c2)ccn1. The van der Waals surface area contributed by atoms with Crippen molar-refractivity contribution >= 4 is 38.5 Å². The standard InChI is InChI=1S/C25H31N5O3S/c1-15(2)12-23(31)28-16-4-6-17(7-5-16)29-25-30-20-9-8-18(14-22(20)34-25)33-19-10-11-27-21(13-19)24(32)26-3/h8-11,13-17H,4-7,12H2,1-3H3,(H,26,32)(H,28,31)(H,29,30). The summed E-state index contributed by atoms with van der Waals surface area (Å²) in [5.41, 5.74) is 1.22. The van der Waals surface area contributed by atoms with E-state index in [0.717, 1.165) is 41.0 Å². The molecular weight excluding hydrogens is 450 g/mol. The number of rotatable bonds is 8. The summed E-state index contributed by atoms with van der Waals surface area (Å²) in [4.78, 5) is 32.6. The molecule has 1 fully saturated rings. The molecule has 1 aliphatic rings. The van der Waals surface area contributed by atoms with E-state index >= 15 is 0 Å². The summed E-state index contributed by atoms with van der Waals surface area (Å²) < 4.78 is 6.98. The molecule has 9 heteroatoms. The highest BCUT2D eigenvalue weighted by Crippen LogP contribution is 2.33. The molecule has 8 nitrogen and oxygen atoms in total. The van der Waals surface area contributed by atoms with E-state index < -0.39 is 0 Å². The Balaban J connectivity index is 1.34. The molecule has 3 aromatic rings. The van der Waals surface area contributed by atoms with Gasteiger partial charge in [0.05, 0.1) is 10.2 Å². The number of fused-ring (bicyclic) bond motifs is 1. The number of nitrogens with one attached hydrogen (secondary N) is 3. The lowest BCUT2D eigenvalue weighted by atomic mass is 9.91. The fraction of sp³-hybridized carbons (Fsp3) is 0.440. The maximum atomic E-state index is 12.0. The number of hydrogen-bond donors (Lipinski definition) is 3. The number of carbonyl (C=O) groups excluding carboxylic acids is 2. The van der Waals surface area contributed by atoms with Crippen molar-refractivity contribution < 1.29 is 14.3 Å². The number of hydrogen-bond acceptors (Lipinski definition) is 7. The average molecular weight is 482 g/mol. The zero-order valence-corrected chi connectivity index (χ0v) is 20.6. The molecule has 1 aromatic carbocycles. The summed E-state index contributed by atoms with van der Waals surface area (Å²) in [6.07, 6.45) is 6.12. The number of carbonyl (C=O) groups is 2. The van der Waals surface area contributed by atoms with Crippen LogP contribution in [0.1, 0.15) is 56.4 Å². The molecule has 0 atom stereocenters. The van der Waals surface area contributed by atoms with Gasteiger partial charge in [-0.25, -0.2) is 4.98 Å².